The summed E-state index contributed by atoms with van der Waals surface area (Å²) in [5.41, 5.74) is 2.00. The van der Waals surface area contributed by atoms with Gasteiger partial charge < -0.3 is 10.1 Å². The van der Waals surface area contributed by atoms with Crippen LogP contribution in [0, 0.1) is 5.92 Å². The number of aromatic nitrogens is 4. The molecule has 2 aromatic heterocycles. The highest BCUT2D eigenvalue weighted by Crippen LogP contribution is 2.35. The van der Waals surface area contributed by atoms with Crippen LogP contribution in [0.15, 0.2) is 36.0 Å². The number of piperidine rings is 1. The molecular formula is C21H26N6O2S. The fourth-order valence-electron chi connectivity index (χ4n) is 4.08. The first-order valence-corrected chi connectivity index (χ1v) is 10.9. The minimum absolute atomic E-state index is 0.00822. The van der Waals surface area contributed by atoms with Crippen molar-refractivity contribution in [1.29, 1.82) is 0 Å². The summed E-state index contributed by atoms with van der Waals surface area (Å²) in [5, 5.41) is 12.4. The number of carbonyl (C=O) groups is 1. The average Bonchev–Trinajstić information content (AvgIpc) is 3.44. The SMILES string of the molecule is COc1ccc(C2C(CNC(=O)Cc3csc(-c4ncn[nH]4)n3)CCCN2C)cc1. The fourth-order valence-corrected chi connectivity index (χ4v) is 4.84. The van der Waals surface area contributed by atoms with E-state index in [1.54, 1.807) is 7.11 Å². The number of likely N-dealkylation sites (tertiary alicyclic amines) is 1. The molecule has 1 aliphatic rings. The molecule has 0 radical (unpaired) electrons. The zero-order valence-corrected chi connectivity index (χ0v) is 18.0. The molecule has 4 rings (SSSR count). The molecule has 1 fully saturated rings. The lowest BCUT2D eigenvalue weighted by Gasteiger charge is -2.39. The van der Waals surface area contributed by atoms with Gasteiger partial charge in [0, 0.05) is 18.0 Å². The molecule has 2 atom stereocenters. The lowest BCUT2D eigenvalue weighted by molar-refractivity contribution is -0.120. The number of methoxy groups -OCH3 is 1. The Morgan fingerprint density at radius 3 is 2.93 bits per heavy atom. The normalized spacial score (nSPS) is 19.5. The second-order valence-corrected chi connectivity index (χ2v) is 8.42. The van der Waals surface area contributed by atoms with E-state index >= 15 is 0 Å². The first-order valence-electron chi connectivity index (χ1n) is 10.0. The number of nitrogens with zero attached hydrogens (tertiary/aromatic N) is 4. The quantitative estimate of drug-likeness (QED) is 0.603. The maximum atomic E-state index is 12.5. The maximum Gasteiger partial charge on any atom is 0.226 e. The molecule has 0 spiro atoms. The highest BCUT2D eigenvalue weighted by atomic mass is 32.1. The van der Waals surface area contributed by atoms with Gasteiger partial charge in [0.1, 0.15) is 12.1 Å². The Hall–Kier alpha value is -2.78. The van der Waals surface area contributed by atoms with Crippen molar-refractivity contribution in [2.45, 2.75) is 25.3 Å². The van der Waals surface area contributed by atoms with Crippen molar-refractivity contribution in [1.82, 2.24) is 30.4 Å². The second-order valence-electron chi connectivity index (χ2n) is 7.56. The third-order valence-corrected chi connectivity index (χ3v) is 6.43. The van der Waals surface area contributed by atoms with Crippen LogP contribution in [0.25, 0.3) is 10.8 Å². The van der Waals surface area contributed by atoms with Crippen LogP contribution in [0.5, 0.6) is 5.75 Å². The highest BCUT2D eigenvalue weighted by molar-refractivity contribution is 7.13. The molecule has 1 aliphatic heterocycles. The van der Waals surface area contributed by atoms with Crippen LogP contribution in [0.2, 0.25) is 0 Å². The minimum atomic E-state index is -0.00822. The summed E-state index contributed by atoms with van der Waals surface area (Å²) < 4.78 is 5.29. The van der Waals surface area contributed by atoms with Crippen LogP contribution in [0.3, 0.4) is 0 Å². The van der Waals surface area contributed by atoms with Crippen molar-refractivity contribution >= 4 is 17.2 Å². The molecule has 0 saturated carbocycles. The van der Waals surface area contributed by atoms with Gasteiger partial charge >= 0.3 is 0 Å². The number of benzene rings is 1. The second kappa shape index (κ2) is 9.36. The average molecular weight is 427 g/mol. The lowest BCUT2D eigenvalue weighted by atomic mass is 9.85. The maximum absolute atomic E-state index is 12.5. The number of aromatic amines is 1. The molecule has 2 N–H and O–H groups in total. The smallest absolute Gasteiger partial charge is 0.226 e. The number of amides is 1. The van der Waals surface area contributed by atoms with E-state index in [0.717, 1.165) is 35.8 Å². The van der Waals surface area contributed by atoms with Crippen molar-refractivity contribution in [3.63, 3.8) is 0 Å². The molecule has 158 valence electrons. The molecule has 8 nitrogen and oxygen atoms in total. The van der Waals surface area contributed by atoms with Crippen molar-refractivity contribution in [3.8, 4) is 16.6 Å². The van der Waals surface area contributed by atoms with E-state index in [0.29, 0.717) is 18.3 Å². The Kier molecular flexibility index (Phi) is 6.39. The van der Waals surface area contributed by atoms with E-state index in [1.807, 2.05) is 17.5 Å². The first kappa shape index (κ1) is 20.5. The van der Waals surface area contributed by atoms with Gasteiger partial charge in [0.05, 0.1) is 19.2 Å². The summed E-state index contributed by atoms with van der Waals surface area (Å²) >= 11 is 1.45. The molecule has 0 bridgehead atoms. The van der Waals surface area contributed by atoms with Gasteiger partial charge in [0.25, 0.3) is 0 Å². The highest BCUT2D eigenvalue weighted by Gasteiger charge is 2.30. The summed E-state index contributed by atoms with van der Waals surface area (Å²) in [6.45, 7) is 1.71. The molecule has 1 amide bonds. The Morgan fingerprint density at radius 2 is 2.20 bits per heavy atom. The van der Waals surface area contributed by atoms with Crippen LogP contribution >= 0.6 is 11.3 Å². The molecule has 30 heavy (non-hydrogen) atoms. The molecular weight excluding hydrogens is 400 g/mol. The Balaban J connectivity index is 1.36. The molecule has 3 heterocycles. The number of hydrogen-bond donors (Lipinski definition) is 2. The third-order valence-electron chi connectivity index (χ3n) is 5.54. The fraction of sp³-hybridized carbons (Fsp3) is 0.429. The van der Waals surface area contributed by atoms with E-state index in [2.05, 4.69) is 49.6 Å². The number of thiazole rings is 1. The molecule has 2 unspecified atom stereocenters. The van der Waals surface area contributed by atoms with E-state index in [9.17, 15) is 4.79 Å². The topological polar surface area (TPSA) is 96.0 Å². The number of H-pyrrole nitrogens is 1. The van der Waals surface area contributed by atoms with Gasteiger partial charge in [-0.05, 0) is 50.0 Å². The zero-order valence-electron chi connectivity index (χ0n) is 17.2. The van der Waals surface area contributed by atoms with E-state index in [-0.39, 0.29) is 18.4 Å². The predicted molar refractivity (Wildman–Crippen MR) is 115 cm³/mol. The number of nitrogens with one attached hydrogen (secondary N) is 2. The van der Waals surface area contributed by atoms with Crippen LogP contribution in [0.1, 0.15) is 30.1 Å². The number of rotatable bonds is 7. The molecule has 1 aromatic carbocycles. The van der Waals surface area contributed by atoms with Gasteiger partial charge in [0.15, 0.2) is 10.8 Å². The van der Waals surface area contributed by atoms with Gasteiger partial charge in [-0.2, -0.15) is 5.10 Å². The summed E-state index contributed by atoms with van der Waals surface area (Å²) in [4.78, 5) is 23.5. The predicted octanol–water partition coefficient (Wildman–Crippen LogP) is 2.68. The summed E-state index contributed by atoms with van der Waals surface area (Å²) in [6.07, 6.45) is 3.94. The molecule has 0 aliphatic carbocycles. The number of hydrogen-bond acceptors (Lipinski definition) is 7. The van der Waals surface area contributed by atoms with Crippen LogP contribution in [-0.4, -0.2) is 58.2 Å². The molecule has 9 heteroatoms. The van der Waals surface area contributed by atoms with Crippen molar-refractivity contribution < 1.29 is 9.53 Å². The number of ether oxygens (including phenoxy) is 1. The summed E-state index contributed by atoms with van der Waals surface area (Å²) in [6, 6.07) is 8.53. The van der Waals surface area contributed by atoms with Crippen molar-refractivity contribution in [2.75, 3.05) is 27.2 Å². The van der Waals surface area contributed by atoms with Gasteiger partial charge in [-0.15, -0.1) is 11.3 Å². The monoisotopic (exact) mass is 426 g/mol. The minimum Gasteiger partial charge on any atom is -0.497 e. The van der Waals surface area contributed by atoms with Crippen LogP contribution in [0.4, 0.5) is 0 Å². The number of carbonyl (C=O) groups excluding carboxylic acids is 1. The molecule has 1 saturated heterocycles. The van der Waals surface area contributed by atoms with Crippen molar-refractivity contribution in [2.24, 2.45) is 5.92 Å². The van der Waals surface area contributed by atoms with Crippen LogP contribution < -0.4 is 10.1 Å². The van der Waals surface area contributed by atoms with Crippen LogP contribution in [-0.2, 0) is 11.2 Å². The van der Waals surface area contributed by atoms with E-state index in [4.69, 9.17) is 4.74 Å². The lowest BCUT2D eigenvalue weighted by Crippen LogP contribution is -2.42. The Morgan fingerprint density at radius 1 is 1.37 bits per heavy atom. The van der Waals surface area contributed by atoms with Gasteiger partial charge in [-0.3, -0.25) is 14.8 Å². The third kappa shape index (κ3) is 4.68. The first-order chi connectivity index (χ1) is 14.6. The van der Waals surface area contributed by atoms with Gasteiger partial charge in [-0.1, -0.05) is 12.1 Å². The van der Waals surface area contributed by atoms with Gasteiger partial charge in [-0.25, -0.2) is 9.97 Å². The van der Waals surface area contributed by atoms with Crippen molar-refractivity contribution in [3.05, 3.63) is 47.2 Å². The van der Waals surface area contributed by atoms with E-state index < -0.39 is 0 Å². The summed E-state index contributed by atoms with van der Waals surface area (Å²) in [5.74, 6) is 1.83. The summed E-state index contributed by atoms with van der Waals surface area (Å²) in [7, 11) is 3.83. The molecule has 3 aromatic rings. The zero-order chi connectivity index (χ0) is 20.9. The Bertz CT molecular complexity index is 956. The van der Waals surface area contributed by atoms with E-state index in [1.165, 1.54) is 23.2 Å². The largest absolute Gasteiger partial charge is 0.497 e. The standard InChI is InChI=1S/C21H26N6O2S/c1-27-9-3-4-15(19(27)14-5-7-17(29-2)8-6-14)11-22-18(28)10-16-12-30-21(25-16)20-23-13-24-26-20/h5-8,12-13,15,19H,3-4,9-11H2,1-2H3,(H,22,28)(H,23,24,26). The van der Waals surface area contributed by atoms with Gasteiger partial charge in [0.2, 0.25) is 5.91 Å². The Labute approximate surface area is 179 Å².